The normalized spacial score (nSPS) is 21.8. The minimum Gasteiger partial charge on any atom is -0.481 e. The van der Waals surface area contributed by atoms with Crippen LogP contribution in [-0.4, -0.2) is 41.6 Å². The maximum absolute atomic E-state index is 5.99. The van der Waals surface area contributed by atoms with Gasteiger partial charge < -0.3 is 10.1 Å². The number of methoxy groups -OCH3 is 1. The molecule has 0 saturated carbocycles. The van der Waals surface area contributed by atoms with E-state index in [0.717, 1.165) is 18.0 Å². The number of likely N-dealkylation sites (N-methyl/N-ethyl adjacent to an activating group) is 1. The Morgan fingerprint density at radius 1 is 1.27 bits per heavy atom. The van der Waals surface area contributed by atoms with Crippen molar-refractivity contribution in [3.05, 3.63) is 47.1 Å². The maximum atomic E-state index is 5.99. The summed E-state index contributed by atoms with van der Waals surface area (Å²) in [5.41, 5.74) is 1.24. The minimum atomic E-state index is 0.248. The van der Waals surface area contributed by atoms with Gasteiger partial charge in [0.25, 0.3) is 0 Å². The SMILES string of the molecule is COc1ccnc(NC2CCN(C)C2c2ccc(Cl)cc2)n1. The van der Waals surface area contributed by atoms with Crippen molar-refractivity contribution < 1.29 is 4.74 Å². The molecule has 1 N–H and O–H groups in total. The average Bonchev–Trinajstić information content (AvgIpc) is 2.89. The second kappa shape index (κ2) is 6.50. The van der Waals surface area contributed by atoms with Crippen LogP contribution in [0.1, 0.15) is 18.0 Å². The average molecular weight is 319 g/mol. The maximum Gasteiger partial charge on any atom is 0.226 e. The fraction of sp³-hybridized carbons (Fsp3) is 0.375. The molecule has 2 aromatic rings. The molecular formula is C16H19ClN4O. The van der Waals surface area contributed by atoms with Gasteiger partial charge in [-0.25, -0.2) is 4.98 Å². The predicted molar refractivity (Wildman–Crippen MR) is 87.4 cm³/mol. The number of anilines is 1. The molecule has 0 aliphatic carbocycles. The lowest BCUT2D eigenvalue weighted by Gasteiger charge is -2.26. The number of hydrogen-bond donors (Lipinski definition) is 1. The third-order valence-corrected chi connectivity index (χ3v) is 4.27. The quantitative estimate of drug-likeness (QED) is 0.939. The van der Waals surface area contributed by atoms with E-state index >= 15 is 0 Å². The van der Waals surface area contributed by atoms with Crippen LogP contribution >= 0.6 is 11.6 Å². The topological polar surface area (TPSA) is 50.3 Å². The number of halogens is 1. The van der Waals surface area contributed by atoms with Crippen LogP contribution in [0.2, 0.25) is 5.02 Å². The molecular weight excluding hydrogens is 300 g/mol. The summed E-state index contributed by atoms with van der Waals surface area (Å²) in [5.74, 6) is 1.16. The summed E-state index contributed by atoms with van der Waals surface area (Å²) in [7, 11) is 3.74. The van der Waals surface area contributed by atoms with Crippen LogP contribution in [0.15, 0.2) is 36.5 Å². The Hall–Kier alpha value is -1.85. The smallest absolute Gasteiger partial charge is 0.226 e. The molecule has 1 aromatic carbocycles. The van der Waals surface area contributed by atoms with E-state index in [9.17, 15) is 0 Å². The van der Waals surface area contributed by atoms with Crippen LogP contribution in [0.25, 0.3) is 0 Å². The number of nitrogens with one attached hydrogen (secondary N) is 1. The van der Waals surface area contributed by atoms with E-state index in [1.54, 1.807) is 19.4 Å². The molecule has 3 rings (SSSR count). The van der Waals surface area contributed by atoms with Gasteiger partial charge in [0, 0.05) is 29.9 Å². The molecule has 1 aliphatic heterocycles. The van der Waals surface area contributed by atoms with E-state index in [1.807, 2.05) is 12.1 Å². The van der Waals surface area contributed by atoms with Crippen molar-refractivity contribution in [2.45, 2.75) is 18.5 Å². The van der Waals surface area contributed by atoms with E-state index < -0.39 is 0 Å². The zero-order valence-corrected chi connectivity index (χ0v) is 13.4. The molecule has 1 saturated heterocycles. The molecule has 2 unspecified atom stereocenters. The second-order valence-corrected chi connectivity index (χ2v) is 5.88. The summed E-state index contributed by atoms with van der Waals surface area (Å²) in [6.07, 6.45) is 2.73. The van der Waals surface area contributed by atoms with Crippen LogP contribution < -0.4 is 10.1 Å². The van der Waals surface area contributed by atoms with Gasteiger partial charge in [0.05, 0.1) is 13.2 Å². The number of likely N-dealkylation sites (tertiary alicyclic amines) is 1. The molecule has 0 bridgehead atoms. The molecule has 116 valence electrons. The molecule has 2 heterocycles. The highest BCUT2D eigenvalue weighted by Gasteiger charge is 2.33. The molecule has 1 aromatic heterocycles. The van der Waals surface area contributed by atoms with Crippen molar-refractivity contribution in [2.75, 3.05) is 26.0 Å². The summed E-state index contributed by atoms with van der Waals surface area (Å²) < 4.78 is 5.15. The first-order valence-electron chi connectivity index (χ1n) is 7.26. The Kier molecular flexibility index (Phi) is 4.45. The molecule has 22 heavy (non-hydrogen) atoms. The molecule has 0 amide bonds. The van der Waals surface area contributed by atoms with Crippen LogP contribution in [0.4, 0.5) is 5.95 Å². The standard InChI is InChI=1S/C16H19ClN4O/c1-21-10-8-13(15(21)11-3-5-12(17)6-4-11)19-16-18-9-7-14(20-16)22-2/h3-7,9,13,15H,8,10H2,1-2H3,(H,18,19,20). The largest absolute Gasteiger partial charge is 0.481 e. The van der Waals surface area contributed by atoms with E-state index in [4.69, 9.17) is 16.3 Å². The number of hydrogen-bond acceptors (Lipinski definition) is 5. The summed E-state index contributed by atoms with van der Waals surface area (Å²) in [6, 6.07) is 10.3. The molecule has 5 nitrogen and oxygen atoms in total. The van der Waals surface area contributed by atoms with Gasteiger partial charge in [-0.15, -0.1) is 0 Å². The van der Waals surface area contributed by atoms with Crippen molar-refractivity contribution in [1.29, 1.82) is 0 Å². The van der Waals surface area contributed by atoms with Crippen LogP contribution in [0, 0.1) is 0 Å². The molecule has 1 aliphatic rings. The minimum absolute atomic E-state index is 0.248. The lowest BCUT2D eigenvalue weighted by molar-refractivity contribution is 0.309. The monoisotopic (exact) mass is 318 g/mol. The van der Waals surface area contributed by atoms with Gasteiger partial charge in [-0.3, -0.25) is 4.90 Å². The third kappa shape index (κ3) is 3.15. The summed E-state index contributed by atoms with van der Waals surface area (Å²) in [4.78, 5) is 10.9. The number of ether oxygens (including phenoxy) is 1. The second-order valence-electron chi connectivity index (χ2n) is 5.44. The zero-order valence-electron chi connectivity index (χ0n) is 12.7. The number of aromatic nitrogens is 2. The summed E-state index contributed by atoms with van der Waals surface area (Å²) in [5, 5.41) is 4.19. The number of nitrogens with zero attached hydrogens (tertiary/aromatic N) is 3. The number of benzene rings is 1. The molecule has 1 fully saturated rings. The van der Waals surface area contributed by atoms with Crippen molar-refractivity contribution in [3.8, 4) is 5.88 Å². The Bertz CT molecular complexity index is 634. The zero-order chi connectivity index (χ0) is 15.5. The first kappa shape index (κ1) is 15.1. The lowest BCUT2D eigenvalue weighted by atomic mass is 10.0. The van der Waals surface area contributed by atoms with Crippen molar-refractivity contribution >= 4 is 17.5 Å². The van der Waals surface area contributed by atoms with E-state index in [1.165, 1.54) is 5.56 Å². The lowest BCUT2D eigenvalue weighted by Crippen LogP contribution is -2.29. The van der Waals surface area contributed by atoms with Crippen LogP contribution in [0.3, 0.4) is 0 Å². The Morgan fingerprint density at radius 2 is 2.05 bits per heavy atom. The first-order valence-corrected chi connectivity index (χ1v) is 7.64. The van der Waals surface area contributed by atoms with Gasteiger partial charge in [0.15, 0.2) is 0 Å². The Balaban J connectivity index is 1.81. The molecule has 0 radical (unpaired) electrons. The van der Waals surface area contributed by atoms with Gasteiger partial charge in [0.1, 0.15) is 0 Å². The summed E-state index contributed by atoms with van der Waals surface area (Å²) >= 11 is 5.99. The van der Waals surface area contributed by atoms with E-state index in [2.05, 4.69) is 39.4 Å². The van der Waals surface area contributed by atoms with Crippen molar-refractivity contribution in [1.82, 2.24) is 14.9 Å². The van der Waals surface area contributed by atoms with Crippen molar-refractivity contribution in [3.63, 3.8) is 0 Å². The summed E-state index contributed by atoms with van der Waals surface area (Å²) in [6.45, 7) is 1.02. The van der Waals surface area contributed by atoms with Crippen LogP contribution in [-0.2, 0) is 0 Å². The Morgan fingerprint density at radius 3 is 2.77 bits per heavy atom. The van der Waals surface area contributed by atoms with Gasteiger partial charge in [-0.1, -0.05) is 23.7 Å². The molecule has 6 heteroatoms. The van der Waals surface area contributed by atoms with Gasteiger partial charge in [-0.05, 0) is 31.2 Å². The van der Waals surface area contributed by atoms with Gasteiger partial charge in [-0.2, -0.15) is 4.98 Å². The number of rotatable bonds is 4. The fourth-order valence-corrected chi connectivity index (χ4v) is 3.06. The third-order valence-electron chi connectivity index (χ3n) is 4.01. The van der Waals surface area contributed by atoms with Gasteiger partial charge in [0.2, 0.25) is 11.8 Å². The highest BCUT2D eigenvalue weighted by Crippen LogP contribution is 2.33. The van der Waals surface area contributed by atoms with Crippen LogP contribution in [0.5, 0.6) is 5.88 Å². The highest BCUT2D eigenvalue weighted by molar-refractivity contribution is 6.30. The van der Waals surface area contributed by atoms with Gasteiger partial charge >= 0.3 is 0 Å². The highest BCUT2D eigenvalue weighted by atomic mass is 35.5. The van der Waals surface area contributed by atoms with Crippen molar-refractivity contribution in [2.24, 2.45) is 0 Å². The van der Waals surface area contributed by atoms with E-state index in [-0.39, 0.29) is 12.1 Å². The Labute approximate surface area is 135 Å². The predicted octanol–water partition coefficient (Wildman–Crippen LogP) is 3.00. The van der Waals surface area contributed by atoms with E-state index in [0.29, 0.717) is 11.8 Å². The fourth-order valence-electron chi connectivity index (χ4n) is 2.94. The first-order chi connectivity index (χ1) is 10.7. The molecule has 0 spiro atoms. The molecule has 2 atom stereocenters.